The third kappa shape index (κ3) is 2.51. The third-order valence-corrected chi connectivity index (χ3v) is 5.01. The molecule has 3 rings (SSSR count). The van der Waals surface area contributed by atoms with Crippen LogP contribution in [0.4, 0.5) is 5.82 Å². The zero-order valence-electron chi connectivity index (χ0n) is 12.1. The summed E-state index contributed by atoms with van der Waals surface area (Å²) in [4.78, 5) is 12.1. The Hall–Kier alpha value is -1.95. The smallest absolute Gasteiger partial charge is 0.238 e. The molecule has 1 aliphatic heterocycles. The first-order chi connectivity index (χ1) is 10.1. The number of ether oxygens (including phenoxy) is 1. The summed E-state index contributed by atoms with van der Waals surface area (Å²) in [6.07, 6.45) is 0. The summed E-state index contributed by atoms with van der Waals surface area (Å²) in [5.41, 5.74) is 3.11. The molecule has 2 heterocycles. The van der Waals surface area contributed by atoms with Gasteiger partial charge >= 0.3 is 0 Å². The van der Waals surface area contributed by atoms with Gasteiger partial charge in [-0.05, 0) is 31.5 Å². The van der Waals surface area contributed by atoms with Crippen molar-refractivity contribution >= 4 is 23.5 Å². The fourth-order valence-electron chi connectivity index (χ4n) is 2.46. The minimum absolute atomic E-state index is 0.0156. The lowest BCUT2D eigenvalue weighted by Gasteiger charge is -2.18. The number of aromatic amines is 1. The zero-order valence-corrected chi connectivity index (χ0v) is 13.0. The van der Waals surface area contributed by atoms with Gasteiger partial charge in [0.05, 0.1) is 17.6 Å². The lowest BCUT2D eigenvalue weighted by molar-refractivity contribution is -0.115. The molecule has 2 atom stereocenters. The second-order valence-electron chi connectivity index (χ2n) is 5.04. The van der Waals surface area contributed by atoms with Crippen molar-refractivity contribution in [1.82, 2.24) is 10.2 Å². The minimum Gasteiger partial charge on any atom is -0.497 e. The predicted molar refractivity (Wildman–Crippen MR) is 83.8 cm³/mol. The van der Waals surface area contributed by atoms with Gasteiger partial charge in [-0.1, -0.05) is 12.1 Å². The zero-order chi connectivity index (χ0) is 15.0. The molecule has 2 N–H and O–H groups in total. The van der Waals surface area contributed by atoms with E-state index in [4.69, 9.17) is 4.74 Å². The molecule has 0 spiro atoms. The largest absolute Gasteiger partial charge is 0.497 e. The predicted octanol–water partition coefficient (Wildman–Crippen LogP) is 2.89. The van der Waals surface area contributed by atoms with Gasteiger partial charge in [-0.25, -0.2) is 0 Å². The third-order valence-electron chi connectivity index (χ3n) is 3.60. The highest BCUT2D eigenvalue weighted by Gasteiger charge is 2.32. The van der Waals surface area contributed by atoms with Crippen LogP contribution in [0.25, 0.3) is 0 Å². The van der Waals surface area contributed by atoms with Gasteiger partial charge in [-0.3, -0.25) is 9.89 Å². The van der Waals surface area contributed by atoms with Gasteiger partial charge < -0.3 is 10.1 Å². The number of thioether (sulfide) groups is 1. The van der Waals surface area contributed by atoms with Crippen molar-refractivity contribution in [2.45, 2.75) is 24.3 Å². The molecule has 0 aliphatic carbocycles. The highest BCUT2D eigenvalue weighted by Crippen LogP contribution is 2.45. The lowest BCUT2D eigenvalue weighted by Crippen LogP contribution is -2.21. The van der Waals surface area contributed by atoms with Crippen LogP contribution in [0.5, 0.6) is 5.75 Å². The summed E-state index contributed by atoms with van der Waals surface area (Å²) < 4.78 is 5.31. The molecule has 2 unspecified atom stereocenters. The van der Waals surface area contributed by atoms with Crippen molar-refractivity contribution in [2.75, 3.05) is 12.4 Å². The molecule has 5 nitrogen and oxygen atoms in total. The highest BCUT2D eigenvalue weighted by atomic mass is 32.2. The Morgan fingerprint density at radius 1 is 1.38 bits per heavy atom. The molecular weight excluding hydrogens is 286 g/mol. The van der Waals surface area contributed by atoms with Crippen LogP contribution in [0, 0.1) is 6.92 Å². The van der Waals surface area contributed by atoms with Crippen LogP contribution in [0.3, 0.4) is 0 Å². The number of aromatic nitrogens is 2. The van der Waals surface area contributed by atoms with Crippen molar-refractivity contribution in [2.24, 2.45) is 0 Å². The van der Waals surface area contributed by atoms with Gasteiger partial charge in [-0.15, -0.1) is 11.8 Å². The first-order valence-electron chi connectivity index (χ1n) is 6.75. The number of anilines is 1. The monoisotopic (exact) mass is 303 g/mol. The summed E-state index contributed by atoms with van der Waals surface area (Å²) in [6, 6.07) is 7.95. The van der Waals surface area contributed by atoms with Crippen molar-refractivity contribution in [1.29, 1.82) is 0 Å². The first-order valence-corrected chi connectivity index (χ1v) is 7.69. The molecule has 21 heavy (non-hydrogen) atoms. The van der Waals surface area contributed by atoms with Crippen LogP contribution in [-0.2, 0) is 4.79 Å². The van der Waals surface area contributed by atoms with Crippen molar-refractivity contribution in [3.8, 4) is 5.75 Å². The van der Waals surface area contributed by atoms with E-state index in [0.29, 0.717) is 5.82 Å². The number of carbonyl (C=O) groups is 1. The molecule has 0 saturated carbocycles. The van der Waals surface area contributed by atoms with Gasteiger partial charge in [-0.2, -0.15) is 5.10 Å². The van der Waals surface area contributed by atoms with Crippen LogP contribution in [0.1, 0.15) is 29.0 Å². The number of amides is 1. The lowest BCUT2D eigenvalue weighted by atomic mass is 10.0. The molecule has 0 radical (unpaired) electrons. The summed E-state index contributed by atoms with van der Waals surface area (Å²) in [5, 5.41) is 9.97. The van der Waals surface area contributed by atoms with Crippen molar-refractivity contribution in [3.63, 3.8) is 0 Å². The summed E-state index contributed by atoms with van der Waals surface area (Å²) in [5.74, 6) is 1.42. The Morgan fingerprint density at radius 3 is 2.95 bits per heavy atom. The topological polar surface area (TPSA) is 67.0 Å². The maximum absolute atomic E-state index is 12.1. The Labute approximate surface area is 127 Å². The van der Waals surface area contributed by atoms with Gasteiger partial charge in [0.1, 0.15) is 5.75 Å². The number of H-pyrrole nitrogens is 1. The summed E-state index contributed by atoms with van der Waals surface area (Å²) in [6.45, 7) is 3.89. The molecule has 6 heteroatoms. The van der Waals surface area contributed by atoms with E-state index in [9.17, 15) is 4.79 Å². The van der Waals surface area contributed by atoms with E-state index in [0.717, 1.165) is 22.6 Å². The van der Waals surface area contributed by atoms with E-state index in [-0.39, 0.29) is 16.4 Å². The quantitative estimate of drug-likeness (QED) is 0.895. The molecule has 2 aromatic rings. The van der Waals surface area contributed by atoms with Gasteiger partial charge in [0, 0.05) is 11.3 Å². The van der Waals surface area contributed by atoms with Crippen LogP contribution in [0.15, 0.2) is 24.3 Å². The number of benzene rings is 1. The molecule has 1 amide bonds. The highest BCUT2D eigenvalue weighted by molar-refractivity contribution is 8.01. The molecule has 1 aliphatic rings. The first kappa shape index (κ1) is 14.0. The van der Waals surface area contributed by atoms with Crippen molar-refractivity contribution < 1.29 is 9.53 Å². The normalized spacial score (nSPS) is 21.4. The number of rotatable bonds is 2. The van der Waals surface area contributed by atoms with E-state index >= 15 is 0 Å². The minimum atomic E-state index is -0.144. The number of carbonyl (C=O) groups excluding carboxylic acids is 1. The van der Waals surface area contributed by atoms with Crippen LogP contribution >= 0.6 is 11.8 Å². The average Bonchev–Trinajstić information content (AvgIpc) is 2.78. The van der Waals surface area contributed by atoms with Gasteiger partial charge in [0.25, 0.3) is 0 Å². The Morgan fingerprint density at radius 2 is 2.19 bits per heavy atom. The fraction of sp³-hybridized carbons (Fsp3) is 0.333. The fourth-order valence-corrected chi connectivity index (χ4v) is 3.78. The second-order valence-corrected chi connectivity index (χ2v) is 6.49. The number of hydrogen-bond donors (Lipinski definition) is 2. The van der Waals surface area contributed by atoms with Crippen LogP contribution in [0.2, 0.25) is 0 Å². The number of hydrogen-bond acceptors (Lipinski definition) is 4. The Kier molecular flexibility index (Phi) is 3.63. The van der Waals surface area contributed by atoms with E-state index in [1.165, 1.54) is 0 Å². The number of nitrogens with one attached hydrogen (secondary N) is 2. The average molecular weight is 303 g/mol. The molecule has 0 fully saturated rings. The maximum atomic E-state index is 12.1. The van der Waals surface area contributed by atoms with E-state index < -0.39 is 0 Å². The molecular formula is C15H17N3O2S. The number of aryl methyl sites for hydroxylation is 1. The molecule has 1 aromatic carbocycles. The van der Waals surface area contributed by atoms with Crippen molar-refractivity contribution in [3.05, 3.63) is 41.1 Å². The van der Waals surface area contributed by atoms with Crippen LogP contribution in [-0.4, -0.2) is 28.5 Å². The van der Waals surface area contributed by atoms with Gasteiger partial charge in [0.15, 0.2) is 5.82 Å². The summed E-state index contributed by atoms with van der Waals surface area (Å²) in [7, 11) is 1.65. The summed E-state index contributed by atoms with van der Waals surface area (Å²) >= 11 is 1.62. The number of methoxy groups -OCH3 is 1. The van der Waals surface area contributed by atoms with E-state index in [1.807, 2.05) is 32.0 Å². The van der Waals surface area contributed by atoms with Crippen LogP contribution < -0.4 is 10.1 Å². The van der Waals surface area contributed by atoms with E-state index in [2.05, 4.69) is 21.6 Å². The van der Waals surface area contributed by atoms with E-state index in [1.54, 1.807) is 18.9 Å². The Bertz CT molecular complexity index is 683. The molecule has 0 bridgehead atoms. The standard InChI is InChI=1S/C15H17N3O2S/c1-8-12-13(10-5-4-6-11(7-10)20-3)21-9(2)15(19)16-14(12)18-17-8/h4-7,9,13H,1-3H3,(H2,16,17,18,19). The number of nitrogens with zero attached hydrogens (tertiary/aromatic N) is 1. The Balaban J connectivity index is 2.11. The molecule has 0 saturated heterocycles. The van der Waals surface area contributed by atoms with Gasteiger partial charge in [0.2, 0.25) is 5.91 Å². The number of fused-ring (bicyclic) bond motifs is 1. The SMILES string of the molecule is COc1cccc(C2SC(C)C(=O)Nc3n[nH]c(C)c32)c1. The maximum Gasteiger partial charge on any atom is 0.238 e. The molecule has 110 valence electrons. The molecule has 1 aromatic heterocycles. The second kappa shape index (κ2) is 5.44.